The molecule has 1 aromatic rings. The van der Waals surface area contributed by atoms with E-state index in [1.54, 1.807) is 37.8 Å². The number of ether oxygens (including phenoxy) is 3. The number of aliphatic hydroxyl groups is 1. The fourth-order valence-corrected chi connectivity index (χ4v) is 4.87. The van der Waals surface area contributed by atoms with Crippen molar-refractivity contribution in [3.05, 3.63) is 24.3 Å². The molecule has 2 N–H and O–H groups in total. The van der Waals surface area contributed by atoms with E-state index in [2.05, 4.69) is 5.32 Å². The Bertz CT molecular complexity index is 923. The van der Waals surface area contributed by atoms with E-state index in [0.29, 0.717) is 18.8 Å². The van der Waals surface area contributed by atoms with Crippen molar-refractivity contribution < 1.29 is 32.5 Å². The lowest BCUT2D eigenvalue weighted by Gasteiger charge is -2.35. The number of hydrogen-bond donors (Lipinski definition) is 2. The minimum absolute atomic E-state index is 0.0169. The van der Waals surface area contributed by atoms with Gasteiger partial charge in [0.2, 0.25) is 0 Å². The van der Waals surface area contributed by atoms with Crippen LogP contribution in [0.15, 0.2) is 29.2 Å². The first-order valence-corrected chi connectivity index (χ1v) is 13.2. The zero-order valence-corrected chi connectivity index (χ0v) is 20.7. The Kier molecular flexibility index (Phi) is 7.93. The average molecular weight is 485 g/mol. The number of carbonyl (C=O) groups excluding carboxylic acids is 1. The van der Waals surface area contributed by atoms with Crippen LogP contribution in [-0.4, -0.2) is 87.0 Å². The molecule has 1 amide bonds. The predicted octanol–water partition coefficient (Wildman–Crippen LogP) is 1.98. The maximum Gasteiger partial charge on any atom is 0.410 e. The molecule has 2 aliphatic heterocycles. The summed E-state index contributed by atoms with van der Waals surface area (Å²) in [5, 5.41) is 14.0. The first-order valence-electron chi connectivity index (χ1n) is 11.3. The van der Waals surface area contributed by atoms with Crippen molar-refractivity contribution in [2.75, 3.05) is 39.1 Å². The van der Waals surface area contributed by atoms with Crippen LogP contribution in [0.2, 0.25) is 0 Å². The summed E-state index contributed by atoms with van der Waals surface area (Å²) in [7, 11) is -3.37. The molecule has 0 aliphatic carbocycles. The number of amides is 1. The fourth-order valence-electron chi connectivity index (χ4n) is 4.21. The van der Waals surface area contributed by atoms with Gasteiger partial charge in [0, 0.05) is 6.26 Å². The number of carbonyl (C=O) groups is 1. The second-order valence-corrected chi connectivity index (χ2v) is 12.0. The largest absolute Gasteiger partial charge is 0.491 e. The van der Waals surface area contributed by atoms with Gasteiger partial charge in [-0.1, -0.05) is 6.07 Å². The quantitative estimate of drug-likeness (QED) is 0.604. The van der Waals surface area contributed by atoms with E-state index in [1.807, 2.05) is 0 Å². The van der Waals surface area contributed by atoms with Gasteiger partial charge in [-0.2, -0.15) is 0 Å². The molecule has 1 spiro atoms. The van der Waals surface area contributed by atoms with Gasteiger partial charge in [-0.05, 0) is 71.3 Å². The summed E-state index contributed by atoms with van der Waals surface area (Å²) in [6, 6.07) is 5.90. The molecule has 9 nitrogen and oxygen atoms in total. The molecule has 186 valence electrons. The van der Waals surface area contributed by atoms with Gasteiger partial charge in [0.1, 0.15) is 24.1 Å². The summed E-state index contributed by atoms with van der Waals surface area (Å²) in [4.78, 5) is 14.7. The highest BCUT2D eigenvalue weighted by Crippen LogP contribution is 2.36. The Labute approximate surface area is 196 Å². The van der Waals surface area contributed by atoms with Gasteiger partial charge in [0.05, 0.1) is 29.7 Å². The molecule has 0 bridgehead atoms. The summed E-state index contributed by atoms with van der Waals surface area (Å²) < 4.78 is 40.9. The van der Waals surface area contributed by atoms with Gasteiger partial charge in [-0.25, -0.2) is 13.2 Å². The maximum atomic E-state index is 13.0. The van der Waals surface area contributed by atoms with Gasteiger partial charge in [0.15, 0.2) is 9.84 Å². The molecule has 2 heterocycles. The van der Waals surface area contributed by atoms with Crippen LogP contribution < -0.4 is 10.1 Å². The fraction of sp³-hybridized carbons (Fsp3) is 0.696. The van der Waals surface area contributed by atoms with Crippen molar-refractivity contribution in [2.45, 2.75) is 68.3 Å². The molecule has 0 saturated carbocycles. The number of hydrogen-bond acceptors (Lipinski definition) is 8. The van der Waals surface area contributed by atoms with Crippen LogP contribution in [0, 0.1) is 0 Å². The van der Waals surface area contributed by atoms with Gasteiger partial charge in [-0.15, -0.1) is 0 Å². The zero-order valence-electron chi connectivity index (χ0n) is 19.9. The minimum atomic E-state index is -3.37. The normalized spacial score (nSPS) is 21.5. The lowest BCUT2D eigenvalue weighted by molar-refractivity contribution is -0.0227. The van der Waals surface area contributed by atoms with E-state index in [1.165, 1.54) is 12.1 Å². The lowest BCUT2D eigenvalue weighted by Crippen LogP contribution is -2.49. The van der Waals surface area contributed by atoms with E-state index in [0.717, 1.165) is 32.2 Å². The first kappa shape index (κ1) is 25.7. The lowest BCUT2D eigenvalue weighted by atomic mass is 9.88. The molecule has 0 radical (unpaired) electrons. The highest BCUT2D eigenvalue weighted by atomic mass is 32.2. The molecule has 2 atom stereocenters. The third kappa shape index (κ3) is 7.30. The Morgan fingerprint density at radius 3 is 2.67 bits per heavy atom. The summed E-state index contributed by atoms with van der Waals surface area (Å²) >= 11 is 0. The first-order chi connectivity index (χ1) is 15.4. The third-order valence-electron chi connectivity index (χ3n) is 5.86. The van der Waals surface area contributed by atoms with Gasteiger partial charge in [0.25, 0.3) is 0 Å². The molecular formula is C23H36N2O7S. The van der Waals surface area contributed by atoms with E-state index >= 15 is 0 Å². The summed E-state index contributed by atoms with van der Waals surface area (Å²) in [5.41, 5.74) is -0.918. The second kappa shape index (κ2) is 10.2. The number of rotatable bonds is 7. The van der Waals surface area contributed by atoms with Crippen molar-refractivity contribution in [3.63, 3.8) is 0 Å². The molecule has 2 saturated heterocycles. The number of nitrogens with zero attached hydrogens (tertiary/aromatic N) is 1. The molecule has 10 heteroatoms. The Balaban J connectivity index is 1.66. The van der Waals surface area contributed by atoms with Gasteiger partial charge < -0.3 is 29.5 Å². The van der Waals surface area contributed by atoms with E-state index in [9.17, 15) is 18.3 Å². The SMILES string of the molecule is CC(C)(C)OC(=O)N(C[C@@H](O)COc1cccc(S(C)(=O)=O)c1)[C@H]1COC2(CCNCC2)C1. The summed E-state index contributed by atoms with van der Waals surface area (Å²) in [5.74, 6) is 0.332. The Hall–Kier alpha value is -1.88. The van der Waals surface area contributed by atoms with Crippen LogP contribution in [0.25, 0.3) is 0 Å². The Morgan fingerprint density at radius 2 is 2.03 bits per heavy atom. The van der Waals surface area contributed by atoms with Crippen LogP contribution in [0.5, 0.6) is 5.75 Å². The molecule has 1 aromatic carbocycles. The molecule has 3 rings (SSSR count). The number of piperidine rings is 1. The standard InChI is InChI=1S/C23H36N2O7S/c1-22(2,3)32-21(27)25(17-13-23(31-15-17)8-10-24-11-9-23)14-18(26)16-30-19-6-5-7-20(12-19)33(4,28)29/h5-7,12,17-18,24,26H,8-11,13-16H2,1-4H3/t17-,18-/m1/s1. The van der Waals surface area contributed by atoms with Gasteiger partial charge >= 0.3 is 6.09 Å². The monoisotopic (exact) mass is 484 g/mol. The van der Waals surface area contributed by atoms with Crippen molar-refractivity contribution in [2.24, 2.45) is 0 Å². The molecule has 2 fully saturated rings. The second-order valence-electron chi connectivity index (χ2n) is 9.95. The van der Waals surface area contributed by atoms with E-state index < -0.39 is 27.6 Å². The molecule has 0 unspecified atom stereocenters. The number of nitrogens with one attached hydrogen (secondary N) is 1. The third-order valence-corrected chi connectivity index (χ3v) is 6.97. The summed E-state index contributed by atoms with van der Waals surface area (Å²) in [6.45, 7) is 7.47. The van der Waals surface area contributed by atoms with Crippen molar-refractivity contribution in [3.8, 4) is 5.75 Å². The summed E-state index contributed by atoms with van der Waals surface area (Å²) in [6.07, 6.45) is 2.09. The van der Waals surface area contributed by atoms with E-state index in [-0.39, 0.29) is 29.7 Å². The smallest absolute Gasteiger partial charge is 0.410 e. The topological polar surface area (TPSA) is 114 Å². The highest BCUT2D eigenvalue weighted by Gasteiger charge is 2.45. The molecular weight excluding hydrogens is 448 g/mol. The number of benzene rings is 1. The van der Waals surface area contributed by atoms with Crippen molar-refractivity contribution >= 4 is 15.9 Å². The predicted molar refractivity (Wildman–Crippen MR) is 123 cm³/mol. The average Bonchev–Trinajstić information content (AvgIpc) is 3.12. The van der Waals surface area contributed by atoms with Crippen molar-refractivity contribution in [1.82, 2.24) is 10.2 Å². The Morgan fingerprint density at radius 1 is 1.33 bits per heavy atom. The maximum absolute atomic E-state index is 13.0. The zero-order chi connectivity index (χ0) is 24.3. The molecule has 33 heavy (non-hydrogen) atoms. The van der Waals surface area contributed by atoms with Crippen LogP contribution in [-0.2, 0) is 19.3 Å². The minimum Gasteiger partial charge on any atom is -0.491 e. The van der Waals surface area contributed by atoms with Crippen LogP contribution in [0.3, 0.4) is 0 Å². The number of sulfone groups is 1. The highest BCUT2D eigenvalue weighted by molar-refractivity contribution is 7.90. The molecule has 0 aromatic heterocycles. The van der Waals surface area contributed by atoms with Crippen LogP contribution >= 0.6 is 0 Å². The van der Waals surface area contributed by atoms with Crippen LogP contribution in [0.1, 0.15) is 40.0 Å². The van der Waals surface area contributed by atoms with Gasteiger partial charge in [-0.3, -0.25) is 0 Å². The van der Waals surface area contributed by atoms with E-state index in [4.69, 9.17) is 14.2 Å². The van der Waals surface area contributed by atoms with Crippen molar-refractivity contribution in [1.29, 1.82) is 0 Å². The molecule has 2 aliphatic rings. The number of aliphatic hydroxyl groups excluding tert-OH is 1. The van der Waals surface area contributed by atoms with Crippen LogP contribution in [0.4, 0.5) is 4.79 Å².